The molecule has 1 nitrogen and oxygen atoms in total. The number of hydrogen-bond donors (Lipinski definition) is 1. The molecule has 1 N–H and O–H groups in total. The van der Waals surface area contributed by atoms with Gasteiger partial charge in [-0.25, -0.2) is 0 Å². The zero-order chi connectivity index (χ0) is 6.97. The van der Waals surface area contributed by atoms with Crippen molar-refractivity contribution in [2.45, 2.75) is 0 Å². The van der Waals surface area contributed by atoms with E-state index in [4.69, 9.17) is 0 Å². The molecule has 1 heterocycles. The Morgan fingerprint density at radius 2 is 2.30 bits per heavy atom. The standard InChI is InChI=1S/C8H5OS/c9-7-2-1-3-8-6(7)4-5-10-8/h1-3,5,9H. The Bertz CT molecular complexity index is 351. The molecule has 10 heavy (non-hydrogen) atoms. The summed E-state index contributed by atoms with van der Waals surface area (Å²) in [4.78, 5) is 0. The van der Waals surface area contributed by atoms with Crippen LogP contribution in [0.3, 0.4) is 0 Å². The van der Waals surface area contributed by atoms with Crippen molar-refractivity contribution in [3.8, 4) is 5.75 Å². The third kappa shape index (κ3) is 0.693. The molecule has 0 fully saturated rings. The zero-order valence-corrected chi connectivity index (χ0v) is 5.98. The maximum absolute atomic E-state index is 9.24. The molecule has 0 bridgehead atoms. The van der Waals surface area contributed by atoms with Gasteiger partial charge in [-0.15, -0.1) is 11.3 Å². The molecule has 2 rings (SSSR count). The van der Waals surface area contributed by atoms with Crippen LogP contribution in [0.4, 0.5) is 0 Å². The number of phenolic OH excluding ortho intramolecular Hbond substituents is 1. The first-order valence-electron chi connectivity index (χ1n) is 2.95. The highest BCUT2D eigenvalue weighted by molar-refractivity contribution is 7.17. The lowest BCUT2D eigenvalue weighted by Gasteiger charge is -1.90. The summed E-state index contributed by atoms with van der Waals surface area (Å²) in [7, 11) is 0. The van der Waals surface area contributed by atoms with Crippen molar-refractivity contribution in [3.63, 3.8) is 0 Å². The summed E-state index contributed by atoms with van der Waals surface area (Å²) in [5, 5.41) is 11.9. The Kier molecular flexibility index (Phi) is 1.14. The molecule has 0 atom stereocenters. The average molecular weight is 149 g/mol. The Morgan fingerprint density at radius 3 is 3.10 bits per heavy atom. The van der Waals surface area contributed by atoms with Gasteiger partial charge in [0.05, 0.1) is 0 Å². The summed E-state index contributed by atoms with van der Waals surface area (Å²) in [5.74, 6) is 0.318. The van der Waals surface area contributed by atoms with E-state index in [1.165, 1.54) is 0 Å². The monoisotopic (exact) mass is 149 g/mol. The molecule has 49 valence electrons. The smallest absolute Gasteiger partial charge is 0.124 e. The number of phenols is 1. The Morgan fingerprint density at radius 1 is 1.40 bits per heavy atom. The molecule has 0 saturated heterocycles. The molecule has 0 saturated carbocycles. The fourth-order valence-corrected chi connectivity index (χ4v) is 1.66. The summed E-state index contributed by atoms with van der Waals surface area (Å²) in [6.07, 6.45) is 0. The normalized spacial score (nSPS) is 10.4. The number of thiophene rings is 1. The van der Waals surface area contributed by atoms with E-state index in [0.717, 1.165) is 10.1 Å². The molecule has 2 heteroatoms. The second-order valence-corrected chi connectivity index (χ2v) is 2.94. The first kappa shape index (κ1) is 5.74. The minimum Gasteiger partial charge on any atom is -0.507 e. The van der Waals surface area contributed by atoms with Crippen LogP contribution in [0, 0.1) is 6.07 Å². The minimum atomic E-state index is 0.318. The van der Waals surface area contributed by atoms with Crippen molar-refractivity contribution in [2.75, 3.05) is 0 Å². The Labute approximate surface area is 62.5 Å². The molecule has 0 unspecified atom stereocenters. The van der Waals surface area contributed by atoms with Gasteiger partial charge in [0.1, 0.15) is 5.75 Å². The molecule has 1 aromatic heterocycles. The first-order valence-corrected chi connectivity index (χ1v) is 3.83. The predicted molar refractivity (Wildman–Crippen MR) is 42.3 cm³/mol. The maximum Gasteiger partial charge on any atom is 0.124 e. The summed E-state index contributed by atoms with van der Waals surface area (Å²) in [6.45, 7) is 0. The molecule has 0 aliphatic heterocycles. The van der Waals surface area contributed by atoms with E-state index >= 15 is 0 Å². The van der Waals surface area contributed by atoms with E-state index in [9.17, 15) is 5.11 Å². The van der Waals surface area contributed by atoms with Gasteiger partial charge < -0.3 is 5.11 Å². The zero-order valence-electron chi connectivity index (χ0n) is 5.16. The fourth-order valence-electron chi connectivity index (χ4n) is 0.915. The molecular formula is C8H5OS. The van der Waals surface area contributed by atoms with E-state index in [1.807, 2.05) is 17.5 Å². The van der Waals surface area contributed by atoms with E-state index in [2.05, 4.69) is 6.07 Å². The Balaban J connectivity index is 2.95. The second-order valence-electron chi connectivity index (χ2n) is 2.03. The van der Waals surface area contributed by atoms with Crippen molar-refractivity contribution < 1.29 is 5.11 Å². The van der Waals surface area contributed by atoms with Gasteiger partial charge in [-0.05, 0) is 17.5 Å². The third-order valence-corrected chi connectivity index (χ3v) is 2.22. The van der Waals surface area contributed by atoms with Crippen molar-refractivity contribution in [1.82, 2.24) is 0 Å². The van der Waals surface area contributed by atoms with Crippen LogP contribution in [0.2, 0.25) is 0 Å². The number of fused-ring (bicyclic) bond motifs is 1. The van der Waals surface area contributed by atoms with Crippen molar-refractivity contribution in [3.05, 3.63) is 29.6 Å². The van der Waals surface area contributed by atoms with E-state index in [-0.39, 0.29) is 0 Å². The van der Waals surface area contributed by atoms with Gasteiger partial charge in [0.15, 0.2) is 0 Å². The van der Waals surface area contributed by atoms with Gasteiger partial charge in [-0.1, -0.05) is 6.07 Å². The lowest BCUT2D eigenvalue weighted by Crippen LogP contribution is -1.63. The van der Waals surface area contributed by atoms with Gasteiger partial charge in [-0.3, -0.25) is 0 Å². The predicted octanol–water partition coefficient (Wildman–Crippen LogP) is 2.41. The molecule has 0 aliphatic carbocycles. The molecule has 0 spiro atoms. The van der Waals surface area contributed by atoms with Gasteiger partial charge in [0.2, 0.25) is 0 Å². The van der Waals surface area contributed by atoms with Crippen molar-refractivity contribution >= 4 is 21.4 Å². The molecule has 0 amide bonds. The quantitative estimate of drug-likeness (QED) is 0.609. The van der Waals surface area contributed by atoms with Gasteiger partial charge in [0, 0.05) is 16.2 Å². The first-order chi connectivity index (χ1) is 4.88. The summed E-state index contributed by atoms with van der Waals surface area (Å²) in [5.41, 5.74) is 0. The number of benzene rings is 1. The van der Waals surface area contributed by atoms with Crippen LogP contribution in [0.25, 0.3) is 10.1 Å². The largest absolute Gasteiger partial charge is 0.507 e. The summed E-state index contributed by atoms with van der Waals surface area (Å²) < 4.78 is 1.08. The SMILES string of the molecule is Oc1cccc2sc[c]c12. The van der Waals surface area contributed by atoms with Crippen molar-refractivity contribution in [1.29, 1.82) is 0 Å². The number of aromatic hydroxyl groups is 1. The summed E-state index contributed by atoms with van der Waals surface area (Å²) >= 11 is 1.59. The van der Waals surface area contributed by atoms with E-state index in [1.54, 1.807) is 17.4 Å². The van der Waals surface area contributed by atoms with E-state index < -0.39 is 0 Å². The highest BCUT2D eigenvalue weighted by Gasteiger charge is 1.97. The molecule has 1 aromatic carbocycles. The highest BCUT2D eigenvalue weighted by atomic mass is 32.1. The van der Waals surface area contributed by atoms with Crippen LogP contribution in [0.1, 0.15) is 0 Å². The van der Waals surface area contributed by atoms with Crippen LogP contribution in [-0.2, 0) is 0 Å². The highest BCUT2D eigenvalue weighted by Crippen LogP contribution is 2.27. The van der Waals surface area contributed by atoms with Crippen molar-refractivity contribution in [2.24, 2.45) is 0 Å². The third-order valence-electron chi connectivity index (χ3n) is 1.39. The lowest BCUT2D eigenvalue weighted by atomic mass is 10.2. The molecule has 0 aliphatic rings. The van der Waals surface area contributed by atoms with Crippen LogP contribution in [-0.4, -0.2) is 5.11 Å². The average Bonchev–Trinajstić information content (AvgIpc) is 2.36. The second kappa shape index (κ2) is 1.99. The minimum absolute atomic E-state index is 0.318. The maximum atomic E-state index is 9.24. The van der Waals surface area contributed by atoms with Gasteiger partial charge >= 0.3 is 0 Å². The van der Waals surface area contributed by atoms with Crippen LogP contribution < -0.4 is 0 Å². The van der Waals surface area contributed by atoms with Gasteiger partial charge in [-0.2, -0.15) is 0 Å². The molecule has 1 radical (unpaired) electrons. The van der Waals surface area contributed by atoms with Crippen LogP contribution in [0.15, 0.2) is 23.6 Å². The molecular weight excluding hydrogens is 144 g/mol. The Hall–Kier alpha value is -1.02. The van der Waals surface area contributed by atoms with E-state index in [0.29, 0.717) is 5.75 Å². The van der Waals surface area contributed by atoms with Crippen LogP contribution in [0.5, 0.6) is 5.75 Å². The number of hydrogen-bond acceptors (Lipinski definition) is 2. The summed E-state index contributed by atoms with van der Waals surface area (Å²) in [6, 6.07) is 8.43. The molecule has 2 aromatic rings. The lowest BCUT2D eigenvalue weighted by molar-refractivity contribution is 0.482. The topological polar surface area (TPSA) is 20.2 Å². The van der Waals surface area contributed by atoms with Crippen LogP contribution >= 0.6 is 11.3 Å². The fraction of sp³-hybridized carbons (Fsp3) is 0. The van der Waals surface area contributed by atoms with Gasteiger partial charge in [0.25, 0.3) is 0 Å². The number of rotatable bonds is 0.